The minimum Gasteiger partial charge on any atom is -0.472 e. The molecule has 2 heterocycles. The van der Waals surface area contributed by atoms with Gasteiger partial charge in [0.1, 0.15) is 11.7 Å². The number of aryl methyl sites for hydroxylation is 2. The third-order valence-corrected chi connectivity index (χ3v) is 7.36. The highest BCUT2D eigenvalue weighted by Crippen LogP contribution is 2.29. The van der Waals surface area contributed by atoms with Crippen LogP contribution >= 0.6 is 0 Å². The van der Waals surface area contributed by atoms with E-state index in [9.17, 15) is 13.2 Å². The van der Waals surface area contributed by atoms with Crippen molar-refractivity contribution in [3.63, 3.8) is 0 Å². The third-order valence-electron chi connectivity index (χ3n) is 5.50. The Morgan fingerprint density at radius 1 is 1.21 bits per heavy atom. The SMILES string of the molecule is CN(C)C(=O)c1cccnc1O[C@H]1CCN(S(=O)(=O)c2ccc3c(c2)CCC3)C1. The molecule has 2 aliphatic rings. The van der Waals surface area contributed by atoms with Gasteiger partial charge in [-0.2, -0.15) is 4.31 Å². The van der Waals surface area contributed by atoms with Crippen LogP contribution in [0.15, 0.2) is 41.4 Å². The van der Waals surface area contributed by atoms with Crippen LogP contribution in [-0.2, 0) is 22.9 Å². The minimum absolute atomic E-state index is 0.200. The molecule has 1 fully saturated rings. The van der Waals surface area contributed by atoms with Crippen molar-refractivity contribution < 1.29 is 17.9 Å². The number of ether oxygens (including phenoxy) is 1. The van der Waals surface area contributed by atoms with Crippen molar-refractivity contribution in [2.24, 2.45) is 0 Å². The molecule has 2 aromatic rings. The van der Waals surface area contributed by atoms with E-state index in [1.165, 1.54) is 14.8 Å². The maximum atomic E-state index is 13.1. The van der Waals surface area contributed by atoms with Crippen molar-refractivity contribution in [3.8, 4) is 5.88 Å². The van der Waals surface area contributed by atoms with Gasteiger partial charge < -0.3 is 9.64 Å². The van der Waals surface area contributed by atoms with Crippen LogP contribution in [0.4, 0.5) is 0 Å². The monoisotopic (exact) mass is 415 g/mol. The number of hydrogen-bond acceptors (Lipinski definition) is 5. The third kappa shape index (κ3) is 3.86. The summed E-state index contributed by atoms with van der Waals surface area (Å²) < 4.78 is 33.6. The van der Waals surface area contributed by atoms with E-state index < -0.39 is 10.0 Å². The molecule has 1 aromatic heterocycles. The van der Waals surface area contributed by atoms with E-state index in [1.807, 2.05) is 12.1 Å². The van der Waals surface area contributed by atoms with E-state index in [2.05, 4.69) is 4.98 Å². The van der Waals surface area contributed by atoms with E-state index in [1.54, 1.807) is 38.5 Å². The van der Waals surface area contributed by atoms with Gasteiger partial charge in [0.05, 0.1) is 11.4 Å². The van der Waals surface area contributed by atoms with Crippen LogP contribution < -0.4 is 4.74 Å². The Bertz CT molecular complexity index is 1040. The molecule has 0 spiro atoms. The summed E-state index contributed by atoms with van der Waals surface area (Å²) in [5, 5.41) is 0. The molecule has 8 heteroatoms. The molecule has 4 rings (SSSR count). The normalized spacial score (nSPS) is 19.2. The average molecular weight is 416 g/mol. The highest BCUT2D eigenvalue weighted by molar-refractivity contribution is 7.89. The number of fused-ring (bicyclic) bond motifs is 1. The maximum absolute atomic E-state index is 13.1. The van der Waals surface area contributed by atoms with Crippen molar-refractivity contribution in [1.82, 2.24) is 14.2 Å². The Labute approximate surface area is 171 Å². The van der Waals surface area contributed by atoms with Crippen molar-refractivity contribution >= 4 is 15.9 Å². The molecular formula is C21H25N3O4S. The molecule has 0 bridgehead atoms. The summed E-state index contributed by atoms with van der Waals surface area (Å²) in [6.07, 6.45) is 4.81. The Balaban J connectivity index is 1.49. The number of rotatable bonds is 5. The summed E-state index contributed by atoms with van der Waals surface area (Å²) in [6.45, 7) is 0.624. The fourth-order valence-corrected chi connectivity index (χ4v) is 5.45. The predicted molar refractivity (Wildman–Crippen MR) is 109 cm³/mol. The molecule has 0 unspecified atom stereocenters. The zero-order valence-electron chi connectivity index (χ0n) is 16.7. The number of carbonyl (C=O) groups excluding carboxylic acids is 1. The fourth-order valence-electron chi connectivity index (χ4n) is 3.92. The molecule has 1 amide bonds. The summed E-state index contributed by atoms with van der Waals surface area (Å²) in [5.41, 5.74) is 2.76. The fraction of sp³-hybridized carbons (Fsp3) is 0.429. The first kappa shape index (κ1) is 19.8. The second kappa shape index (κ2) is 7.76. The van der Waals surface area contributed by atoms with Gasteiger partial charge in [-0.05, 0) is 61.1 Å². The Hall–Kier alpha value is -2.45. The lowest BCUT2D eigenvalue weighted by molar-refractivity contribution is 0.0818. The molecule has 29 heavy (non-hydrogen) atoms. The van der Waals surface area contributed by atoms with Crippen molar-refractivity contribution in [2.45, 2.75) is 36.7 Å². The van der Waals surface area contributed by atoms with Gasteiger partial charge in [-0.25, -0.2) is 13.4 Å². The van der Waals surface area contributed by atoms with E-state index >= 15 is 0 Å². The molecule has 1 aromatic carbocycles. The average Bonchev–Trinajstić information content (AvgIpc) is 3.36. The number of pyridine rings is 1. The second-order valence-electron chi connectivity index (χ2n) is 7.73. The maximum Gasteiger partial charge on any atom is 0.258 e. The highest BCUT2D eigenvalue weighted by Gasteiger charge is 2.35. The van der Waals surface area contributed by atoms with Crippen LogP contribution in [0.1, 0.15) is 34.3 Å². The van der Waals surface area contributed by atoms with Gasteiger partial charge >= 0.3 is 0 Å². The number of nitrogens with zero attached hydrogens (tertiary/aromatic N) is 3. The number of hydrogen-bond donors (Lipinski definition) is 0. The summed E-state index contributed by atoms with van der Waals surface area (Å²) in [7, 11) is -0.235. The number of sulfonamides is 1. The number of carbonyl (C=O) groups is 1. The molecular weight excluding hydrogens is 390 g/mol. The van der Waals surface area contributed by atoms with Crippen LogP contribution in [0.2, 0.25) is 0 Å². The zero-order valence-corrected chi connectivity index (χ0v) is 17.5. The number of amides is 1. The van der Waals surface area contributed by atoms with Crippen LogP contribution in [0.5, 0.6) is 5.88 Å². The Kier molecular flexibility index (Phi) is 5.31. The smallest absolute Gasteiger partial charge is 0.258 e. The lowest BCUT2D eigenvalue weighted by Crippen LogP contribution is -2.31. The second-order valence-corrected chi connectivity index (χ2v) is 9.67. The minimum atomic E-state index is -3.57. The molecule has 0 saturated carbocycles. The van der Waals surface area contributed by atoms with Gasteiger partial charge in [-0.1, -0.05) is 6.07 Å². The standard InChI is InChI=1S/C21H25N3O4S/c1-23(2)21(25)19-7-4-11-22-20(19)28-17-10-12-24(14-17)29(26,27)18-9-8-15-5-3-6-16(15)13-18/h4,7-9,11,13,17H,3,5-6,10,12,14H2,1-2H3/t17-/m0/s1. The van der Waals surface area contributed by atoms with Crippen LogP contribution in [0.3, 0.4) is 0 Å². The van der Waals surface area contributed by atoms with Crippen LogP contribution in [0, 0.1) is 0 Å². The largest absolute Gasteiger partial charge is 0.472 e. The molecule has 1 aliphatic heterocycles. The highest BCUT2D eigenvalue weighted by atomic mass is 32.2. The molecule has 0 N–H and O–H groups in total. The van der Waals surface area contributed by atoms with Gasteiger partial charge in [0.2, 0.25) is 15.9 Å². The molecule has 0 radical (unpaired) electrons. The van der Waals surface area contributed by atoms with Crippen LogP contribution in [-0.4, -0.2) is 61.8 Å². The zero-order chi connectivity index (χ0) is 20.6. The molecule has 7 nitrogen and oxygen atoms in total. The molecule has 1 atom stereocenters. The number of benzene rings is 1. The summed E-state index contributed by atoms with van der Waals surface area (Å²) >= 11 is 0. The topological polar surface area (TPSA) is 79.8 Å². The van der Waals surface area contributed by atoms with Crippen molar-refractivity contribution in [3.05, 3.63) is 53.2 Å². The lowest BCUT2D eigenvalue weighted by Gasteiger charge is -2.19. The summed E-state index contributed by atoms with van der Waals surface area (Å²) in [6, 6.07) is 8.81. The van der Waals surface area contributed by atoms with Gasteiger partial charge in [0.25, 0.3) is 5.91 Å². The van der Waals surface area contributed by atoms with Gasteiger partial charge in [-0.15, -0.1) is 0 Å². The van der Waals surface area contributed by atoms with Crippen molar-refractivity contribution in [2.75, 3.05) is 27.2 Å². The predicted octanol–water partition coefficient (Wildman–Crippen LogP) is 2.11. The van der Waals surface area contributed by atoms with E-state index in [0.29, 0.717) is 23.4 Å². The van der Waals surface area contributed by atoms with E-state index in [4.69, 9.17) is 4.74 Å². The quantitative estimate of drug-likeness (QED) is 0.747. The van der Waals surface area contributed by atoms with Crippen molar-refractivity contribution in [1.29, 1.82) is 0 Å². The van der Waals surface area contributed by atoms with Crippen LogP contribution in [0.25, 0.3) is 0 Å². The summed E-state index contributed by atoms with van der Waals surface area (Å²) in [4.78, 5) is 18.3. The number of aromatic nitrogens is 1. The van der Waals surface area contributed by atoms with Gasteiger partial charge in [0, 0.05) is 26.8 Å². The molecule has 1 aliphatic carbocycles. The first-order valence-corrected chi connectivity index (χ1v) is 11.3. The summed E-state index contributed by atoms with van der Waals surface area (Å²) in [5.74, 6) is 0.0432. The molecule has 154 valence electrons. The Morgan fingerprint density at radius 3 is 2.79 bits per heavy atom. The molecule has 1 saturated heterocycles. The van der Waals surface area contributed by atoms with E-state index in [0.717, 1.165) is 24.8 Å². The van der Waals surface area contributed by atoms with Gasteiger partial charge in [-0.3, -0.25) is 4.79 Å². The first-order valence-electron chi connectivity index (χ1n) is 9.81. The lowest BCUT2D eigenvalue weighted by atomic mass is 10.1. The first-order chi connectivity index (χ1) is 13.9. The van der Waals surface area contributed by atoms with E-state index in [-0.39, 0.29) is 24.4 Å². The Morgan fingerprint density at radius 2 is 2.00 bits per heavy atom. The van der Waals surface area contributed by atoms with Gasteiger partial charge in [0.15, 0.2) is 0 Å².